The van der Waals surface area contributed by atoms with Gasteiger partial charge in [-0.25, -0.2) is 8.78 Å². The lowest BCUT2D eigenvalue weighted by Crippen LogP contribution is -2.40. The lowest BCUT2D eigenvalue weighted by atomic mass is 9.77. The van der Waals surface area contributed by atoms with Crippen molar-refractivity contribution < 1.29 is 28.6 Å². The average Bonchev–Trinajstić information content (AvgIpc) is 2.01. The number of carbonyl (C=O) groups is 2. The fourth-order valence-corrected chi connectivity index (χ4v) is 1.69. The second-order valence-electron chi connectivity index (χ2n) is 3.49. The second-order valence-corrected chi connectivity index (χ2v) is 3.49. The maximum Gasteiger partial charge on any atom is 0.307 e. The maximum atomic E-state index is 12.8. The van der Waals surface area contributed by atoms with Gasteiger partial charge in [0.25, 0.3) is 0 Å². The van der Waals surface area contributed by atoms with E-state index in [9.17, 15) is 18.4 Å². The summed E-state index contributed by atoms with van der Waals surface area (Å²) >= 11 is 0. The molecular formula is C8H10F2O4. The molecule has 0 aromatic rings. The van der Waals surface area contributed by atoms with Crippen LogP contribution in [0.2, 0.25) is 0 Å². The zero-order chi connectivity index (χ0) is 10.9. The minimum Gasteiger partial charge on any atom is -0.481 e. The molecule has 2 unspecified atom stereocenters. The Kier molecular flexibility index (Phi) is 2.73. The number of aliphatic carboxylic acids is 2. The minimum absolute atomic E-state index is 0.278. The standard InChI is InChI=1S/C8H10F2O4/c9-8(10)2-1-4(6(11)12)5(3-8)7(13)14/h4-5H,1-3H2,(H,11,12)(H,13,14). The minimum atomic E-state index is -3.05. The van der Waals surface area contributed by atoms with Crippen molar-refractivity contribution in [2.45, 2.75) is 25.2 Å². The summed E-state index contributed by atoms with van der Waals surface area (Å²) in [6.45, 7) is 0. The molecule has 1 aliphatic carbocycles. The van der Waals surface area contributed by atoms with Gasteiger partial charge in [-0.05, 0) is 6.42 Å². The van der Waals surface area contributed by atoms with Crippen molar-refractivity contribution in [3.05, 3.63) is 0 Å². The molecule has 1 rings (SSSR count). The molecule has 0 bridgehead atoms. The summed E-state index contributed by atoms with van der Waals surface area (Å²) in [7, 11) is 0. The summed E-state index contributed by atoms with van der Waals surface area (Å²) in [5.74, 6) is -8.48. The lowest BCUT2D eigenvalue weighted by Gasteiger charge is -2.30. The van der Waals surface area contributed by atoms with Crippen LogP contribution in [0.4, 0.5) is 8.78 Å². The highest BCUT2D eigenvalue weighted by Crippen LogP contribution is 2.40. The number of hydrogen-bond acceptors (Lipinski definition) is 2. The fourth-order valence-electron chi connectivity index (χ4n) is 1.69. The summed E-state index contributed by atoms with van der Waals surface area (Å²) < 4.78 is 25.6. The van der Waals surface area contributed by atoms with Crippen molar-refractivity contribution in [1.29, 1.82) is 0 Å². The first-order chi connectivity index (χ1) is 6.33. The first kappa shape index (κ1) is 10.9. The molecule has 0 aromatic heterocycles. The Morgan fingerprint density at radius 1 is 1.14 bits per heavy atom. The molecule has 2 atom stereocenters. The van der Waals surface area contributed by atoms with Gasteiger partial charge >= 0.3 is 11.9 Å². The largest absolute Gasteiger partial charge is 0.481 e. The molecule has 1 aliphatic rings. The van der Waals surface area contributed by atoms with Crippen LogP contribution in [0.3, 0.4) is 0 Å². The molecule has 6 heteroatoms. The third-order valence-corrected chi connectivity index (χ3v) is 2.46. The van der Waals surface area contributed by atoms with Crippen molar-refractivity contribution in [3.63, 3.8) is 0 Å². The van der Waals surface area contributed by atoms with Crippen LogP contribution < -0.4 is 0 Å². The molecule has 80 valence electrons. The number of halogens is 2. The van der Waals surface area contributed by atoms with E-state index in [2.05, 4.69) is 0 Å². The number of rotatable bonds is 2. The molecule has 1 saturated carbocycles. The van der Waals surface area contributed by atoms with E-state index in [4.69, 9.17) is 10.2 Å². The van der Waals surface area contributed by atoms with Gasteiger partial charge in [-0.1, -0.05) is 0 Å². The van der Waals surface area contributed by atoms with Crippen LogP contribution in [0.1, 0.15) is 19.3 Å². The van der Waals surface area contributed by atoms with Crippen molar-refractivity contribution in [3.8, 4) is 0 Å². The molecule has 0 radical (unpaired) electrons. The van der Waals surface area contributed by atoms with Gasteiger partial charge in [0.05, 0.1) is 11.8 Å². The highest BCUT2D eigenvalue weighted by Gasteiger charge is 2.47. The van der Waals surface area contributed by atoms with Gasteiger partial charge in [-0.2, -0.15) is 0 Å². The van der Waals surface area contributed by atoms with Gasteiger partial charge in [0.2, 0.25) is 5.92 Å². The van der Waals surface area contributed by atoms with Crippen molar-refractivity contribution in [2.24, 2.45) is 11.8 Å². The monoisotopic (exact) mass is 208 g/mol. The van der Waals surface area contributed by atoms with Crippen LogP contribution in [0.5, 0.6) is 0 Å². The lowest BCUT2D eigenvalue weighted by molar-refractivity contribution is -0.164. The van der Waals surface area contributed by atoms with E-state index in [1.165, 1.54) is 0 Å². The molecule has 0 heterocycles. The Morgan fingerprint density at radius 3 is 2.07 bits per heavy atom. The van der Waals surface area contributed by atoms with Gasteiger partial charge in [0.1, 0.15) is 0 Å². The van der Waals surface area contributed by atoms with Crippen LogP contribution in [0.15, 0.2) is 0 Å². The summed E-state index contributed by atoms with van der Waals surface area (Å²) in [6, 6.07) is 0. The molecule has 0 aromatic carbocycles. The molecule has 2 N–H and O–H groups in total. The molecule has 4 nitrogen and oxygen atoms in total. The number of carboxylic acids is 2. The Bertz CT molecular complexity index is 264. The van der Waals surface area contributed by atoms with Gasteiger partial charge in [-0.3, -0.25) is 9.59 Å². The van der Waals surface area contributed by atoms with Gasteiger partial charge in [0.15, 0.2) is 0 Å². The van der Waals surface area contributed by atoms with Crippen LogP contribution in [0.25, 0.3) is 0 Å². The first-order valence-electron chi connectivity index (χ1n) is 4.17. The number of carboxylic acid groups (broad SMARTS) is 2. The van der Waals surface area contributed by atoms with E-state index in [-0.39, 0.29) is 6.42 Å². The van der Waals surface area contributed by atoms with Gasteiger partial charge in [-0.15, -0.1) is 0 Å². The highest BCUT2D eigenvalue weighted by atomic mass is 19.3. The predicted molar refractivity (Wildman–Crippen MR) is 41.0 cm³/mol. The summed E-state index contributed by atoms with van der Waals surface area (Å²) in [5, 5.41) is 17.2. The fraction of sp³-hybridized carbons (Fsp3) is 0.750. The molecular weight excluding hydrogens is 198 g/mol. The van der Waals surface area contributed by atoms with Crippen LogP contribution in [0, 0.1) is 11.8 Å². The van der Waals surface area contributed by atoms with Gasteiger partial charge < -0.3 is 10.2 Å². The molecule has 0 amide bonds. The second kappa shape index (κ2) is 3.51. The summed E-state index contributed by atoms with van der Waals surface area (Å²) in [6.07, 6.45) is -1.70. The highest BCUT2D eigenvalue weighted by molar-refractivity contribution is 5.80. The Balaban J connectivity index is 2.81. The number of alkyl halides is 2. The molecule has 0 saturated heterocycles. The molecule has 0 spiro atoms. The van der Waals surface area contributed by atoms with E-state index in [0.717, 1.165) is 0 Å². The van der Waals surface area contributed by atoms with Crippen molar-refractivity contribution in [2.75, 3.05) is 0 Å². The molecule has 0 aliphatic heterocycles. The zero-order valence-corrected chi connectivity index (χ0v) is 7.24. The third-order valence-electron chi connectivity index (χ3n) is 2.46. The Hall–Kier alpha value is -1.20. The molecule has 14 heavy (non-hydrogen) atoms. The smallest absolute Gasteiger partial charge is 0.307 e. The normalized spacial score (nSPS) is 31.0. The van der Waals surface area contributed by atoms with E-state index < -0.39 is 42.5 Å². The SMILES string of the molecule is O=C(O)C1CCC(F)(F)CC1C(=O)O. The summed E-state index contributed by atoms with van der Waals surface area (Å²) in [4.78, 5) is 21.1. The van der Waals surface area contributed by atoms with Gasteiger partial charge in [0, 0.05) is 12.8 Å². The van der Waals surface area contributed by atoms with E-state index >= 15 is 0 Å². The zero-order valence-electron chi connectivity index (χ0n) is 7.24. The van der Waals surface area contributed by atoms with Crippen LogP contribution in [-0.2, 0) is 9.59 Å². The van der Waals surface area contributed by atoms with Crippen LogP contribution in [-0.4, -0.2) is 28.1 Å². The summed E-state index contributed by atoms with van der Waals surface area (Å²) in [5.41, 5.74) is 0. The third kappa shape index (κ3) is 2.18. The van der Waals surface area contributed by atoms with Crippen LogP contribution >= 0.6 is 0 Å². The number of hydrogen-bond donors (Lipinski definition) is 2. The van der Waals surface area contributed by atoms with E-state index in [0.29, 0.717) is 0 Å². The van der Waals surface area contributed by atoms with E-state index in [1.807, 2.05) is 0 Å². The Labute approximate surface area is 78.5 Å². The first-order valence-corrected chi connectivity index (χ1v) is 4.17. The topological polar surface area (TPSA) is 74.6 Å². The molecule has 1 fully saturated rings. The Morgan fingerprint density at radius 2 is 1.64 bits per heavy atom. The van der Waals surface area contributed by atoms with E-state index in [1.54, 1.807) is 0 Å². The maximum absolute atomic E-state index is 12.8. The predicted octanol–water partition coefficient (Wildman–Crippen LogP) is 1.21. The van der Waals surface area contributed by atoms with Crippen molar-refractivity contribution >= 4 is 11.9 Å². The quantitative estimate of drug-likeness (QED) is 0.715. The van der Waals surface area contributed by atoms with Crippen molar-refractivity contribution in [1.82, 2.24) is 0 Å². The average molecular weight is 208 g/mol.